The molecule has 0 atom stereocenters. The zero-order valence-electron chi connectivity index (χ0n) is 14.6. The molecule has 10 nitrogen and oxygen atoms in total. The minimum atomic E-state index is 0.728. The van der Waals surface area contributed by atoms with Crippen molar-refractivity contribution in [2.75, 3.05) is 36.0 Å². The third-order valence-corrected chi connectivity index (χ3v) is 4.85. The van der Waals surface area contributed by atoms with E-state index < -0.39 is 0 Å². The average molecular weight is 350 g/mol. The largest absolute Gasteiger partial charge is 0.351 e. The number of imidazole rings is 2. The normalized spacial score (nSPS) is 15.3. The van der Waals surface area contributed by atoms with Gasteiger partial charge >= 0.3 is 0 Å². The van der Waals surface area contributed by atoms with E-state index >= 15 is 0 Å². The van der Waals surface area contributed by atoms with E-state index in [1.54, 1.807) is 25.3 Å². The maximum Gasteiger partial charge on any atom is 0.182 e. The van der Waals surface area contributed by atoms with Gasteiger partial charge in [-0.1, -0.05) is 0 Å². The Hall–Kier alpha value is -3.30. The lowest BCUT2D eigenvalue weighted by molar-refractivity contribution is 0.643. The fourth-order valence-corrected chi connectivity index (χ4v) is 3.50. The number of aromatic nitrogens is 8. The third kappa shape index (κ3) is 2.18. The van der Waals surface area contributed by atoms with Gasteiger partial charge in [-0.2, -0.15) is 0 Å². The molecule has 0 aromatic carbocycles. The van der Waals surface area contributed by atoms with Gasteiger partial charge < -0.3 is 18.9 Å². The quantitative estimate of drug-likeness (QED) is 0.512. The van der Waals surface area contributed by atoms with Gasteiger partial charge in [0.1, 0.15) is 18.2 Å². The van der Waals surface area contributed by atoms with Crippen LogP contribution in [0.15, 0.2) is 25.3 Å². The van der Waals surface area contributed by atoms with Crippen molar-refractivity contribution in [2.24, 2.45) is 14.1 Å². The maximum absolute atomic E-state index is 4.51. The summed E-state index contributed by atoms with van der Waals surface area (Å²) >= 11 is 0. The molecule has 0 unspecified atom stereocenters. The average Bonchev–Trinajstić information content (AvgIpc) is 3.25. The molecule has 0 bridgehead atoms. The van der Waals surface area contributed by atoms with Gasteiger partial charge in [-0.25, -0.2) is 29.9 Å². The van der Waals surface area contributed by atoms with Crippen molar-refractivity contribution < 1.29 is 0 Å². The molecule has 0 radical (unpaired) electrons. The Morgan fingerprint density at radius 1 is 0.692 bits per heavy atom. The van der Waals surface area contributed by atoms with Crippen molar-refractivity contribution in [1.29, 1.82) is 0 Å². The van der Waals surface area contributed by atoms with Gasteiger partial charge in [0.15, 0.2) is 28.4 Å². The van der Waals surface area contributed by atoms with Crippen LogP contribution in [-0.2, 0) is 14.1 Å². The molecular weight excluding hydrogens is 332 g/mol. The first-order chi connectivity index (χ1) is 12.7. The molecule has 1 fully saturated rings. The molecular formula is C16H18N10. The Morgan fingerprint density at radius 3 is 2.15 bits per heavy atom. The Kier molecular flexibility index (Phi) is 3.24. The van der Waals surface area contributed by atoms with E-state index in [4.69, 9.17) is 0 Å². The van der Waals surface area contributed by atoms with E-state index in [0.29, 0.717) is 0 Å². The molecule has 10 heteroatoms. The van der Waals surface area contributed by atoms with Crippen molar-refractivity contribution in [3.63, 3.8) is 0 Å². The molecule has 4 aromatic rings. The van der Waals surface area contributed by atoms with Crippen LogP contribution in [0.5, 0.6) is 0 Å². The number of anilines is 2. The monoisotopic (exact) mass is 350 g/mol. The summed E-state index contributed by atoms with van der Waals surface area (Å²) in [7, 11) is 3.91. The second-order valence-corrected chi connectivity index (χ2v) is 6.42. The van der Waals surface area contributed by atoms with Crippen LogP contribution in [0, 0.1) is 0 Å². The number of rotatable bonds is 2. The number of hydrogen-bond acceptors (Lipinski definition) is 8. The predicted octanol–water partition coefficient (Wildman–Crippen LogP) is 0.367. The highest BCUT2D eigenvalue weighted by Crippen LogP contribution is 2.26. The topological polar surface area (TPSA) is 93.7 Å². The van der Waals surface area contributed by atoms with Crippen molar-refractivity contribution in [1.82, 2.24) is 39.0 Å². The molecule has 26 heavy (non-hydrogen) atoms. The fraction of sp³-hybridized carbons (Fsp3) is 0.375. The summed E-state index contributed by atoms with van der Waals surface area (Å²) in [4.78, 5) is 30.9. The van der Waals surface area contributed by atoms with Crippen LogP contribution in [0.25, 0.3) is 22.3 Å². The van der Waals surface area contributed by atoms with Gasteiger partial charge in [-0.05, 0) is 0 Å². The van der Waals surface area contributed by atoms with E-state index in [-0.39, 0.29) is 0 Å². The van der Waals surface area contributed by atoms with Crippen LogP contribution in [0.4, 0.5) is 11.6 Å². The SMILES string of the molecule is Cn1cnc2c(N3CCN(c4ncnc5ncn(C)c45)CC3)ncnc21. The van der Waals surface area contributed by atoms with Crippen molar-refractivity contribution >= 4 is 34.0 Å². The first kappa shape index (κ1) is 15.0. The van der Waals surface area contributed by atoms with E-state index in [2.05, 4.69) is 39.7 Å². The lowest BCUT2D eigenvalue weighted by Crippen LogP contribution is -2.47. The summed E-state index contributed by atoms with van der Waals surface area (Å²) in [5, 5.41) is 0. The molecule has 5 heterocycles. The fourth-order valence-electron chi connectivity index (χ4n) is 3.50. The summed E-state index contributed by atoms with van der Waals surface area (Å²) in [5.41, 5.74) is 3.39. The first-order valence-corrected chi connectivity index (χ1v) is 8.46. The van der Waals surface area contributed by atoms with E-state index in [1.807, 2.05) is 23.2 Å². The molecule has 0 aliphatic carbocycles. The van der Waals surface area contributed by atoms with Crippen LogP contribution in [-0.4, -0.2) is 65.2 Å². The van der Waals surface area contributed by atoms with Crippen molar-refractivity contribution in [3.8, 4) is 0 Å². The summed E-state index contributed by atoms with van der Waals surface area (Å²) in [5.74, 6) is 1.82. The highest BCUT2D eigenvalue weighted by Gasteiger charge is 2.24. The smallest absolute Gasteiger partial charge is 0.182 e. The van der Waals surface area contributed by atoms with Gasteiger partial charge in [0, 0.05) is 40.3 Å². The van der Waals surface area contributed by atoms with Crippen LogP contribution < -0.4 is 9.80 Å². The van der Waals surface area contributed by atoms with Gasteiger partial charge in [-0.3, -0.25) is 0 Å². The van der Waals surface area contributed by atoms with Crippen LogP contribution in [0.2, 0.25) is 0 Å². The summed E-state index contributed by atoms with van der Waals surface area (Å²) in [6, 6.07) is 0. The van der Waals surface area contributed by atoms with Crippen LogP contribution in [0.1, 0.15) is 0 Å². The molecule has 0 amide bonds. The van der Waals surface area contributed by atoms with Gasteiger partial charge in [0.05, 0.1) is 12.7 Å². The minimum Gasteiger partial charge on any atom is -0.351 e. The Morgan fingerprint density at radius 2 is 1.35 bits per heavy atom. The molecule has 1 saturated heterocycles. The zero-order valence-corrected chi connectivity index (χ0v) is 14.6. The second kappa shape index (κ2) is 5.61. The summed E-state index contributed by atoms with van der Waals surface area (Å²) in [6.45, 7) is 3.36. The second-order valence-electron chi connectivity index (χ2n) is 6.42. The molecule has 4 aromatic heterocycles. The van der Waals surface area contributed by atoms with Crippen molar-refractivity contribution in [2.45, 2.75) is 0 Å². The molecule has 0 spiro atoms. The number of hydrogen-bond donors (Lipinski definition) is 0. The number of nitrogens with zero attached hydrogens (tertiary/aromatic N) is 10. The first-order valence-electron chi connectivity index (χ1n) is 8.46. The Labute approximate surface area is 149 Å². The molecule has 1 aliphatic heterocycles. The Balaban J connectivity index is 1.43. The molecule has 5 rings (SSSR count). The summed E-state index contributed by atoms with van der Waals surface area (Å²) < 4.78 is 3.88. The molecule has 0 N–H and O–H groups in total. The minimum absolute atomic E-state index is 0.728. The molecule has 132 valence electrons. The third-order valence-electron chi connectivity index (χ3n) is 4.85. The highest BCUT2D eigenvalue weighted by molar-refractivity contribution is 5.85. The zero-order chi connectivity index (χ0) is 17.7. The lowest BCUT2D eigenvalue weighted by atomic mass is 10.3. The van der Waals surface area contributed by atoms with E-state index in [1.165, 1.54) is 0 Å². The number of aryl methyl sites for hydroxylation is 2. The highest BCUT2D eigenvalue weighted by atomic mass is 15.3. The van der Waals surface area contributed by atoms with E-state index in [9.17, 15) is 0 Å². The van der Waals surface area contributed by atoms with E-state index in [0.717, 1.165) is 60.1 Å². The maximum atomic E-state index is 4.51. The van der Waals surface area contributed by atoms with Gasteiger partial charge in [0.25, 0.3) is 0 Å². The van der Waals surface area contributed by atoms with Gasteiger partial charge in [-0.15, -0.1) is 0 Å². The van der Waals surface area contributed by atoms with Crippen LogP contribution in [0.3, 0.4) is 0 Å². The predicted molar refractivity (Wildman–Crippen MR) is 97.0 cm³/mol. The number of piperazine rings is 1. The lowest BCUT2D eigenvalue weighted by Gasteiger charge is -2.36. The van der Waals surface area contributed by atoms with Gasteiger partial charge in [0.2, 0.25) is 0 Å². The number of fused-ring (bicyclic) bond motifs is 2. The van der Waals surface area contributed by atoms with Crippen LogP contribution >= 0.6 is 0 Å². The standard InChI is InChI=1S/C16H18N10/c1-23-10-22-13-12(23)16(20-7-17-13)26-5-3-25(4-6-26)15-11-14(18-8-19-15)24(2)9-21-11/h7-10H,3-6H2,1-2H3. The van der Waals surface area contributed by atoms with Crippen molar-refractivity contribution in [3.05, 3.63) is 25.3 Å². The molecule has 1 aliphatic rings. The summed E-state index contributed by atoms with van der Waals surface area (Å²) in [6.07, 6.45) is 6.74. The Bertz CT molecular complexity index is 1090. The molecule has 0 saturated carbocycles.